The van der Waals surface area contributed by atoms with Crippen molar-refractivity contribution in [2.24, 2.45) is 0 Å². The molecule has 5 rings (SSSR count). The maximum atomic E-state index is 13.9. The Morgan fingerprint density at radius 2 is 1.39 bits per heavy atom. The molecule has 164 valence electrons. The fourth-order valence-electron chi connectivity index (χ4n) is 4.12. The maximum absolute atomic E-state index is 13.9. The SMILES string of the molecule is Cc1ccc(C2(c3ccc(C)cc3)NC(=O)N(Cn3nnc4ccccc4c3=O)C2=O)cc1. The first-order valence-corrected chi connectivity index (χ1v) is 10.5. The van der Waals surface area contributed by atoms with Crippen molar-refractivity contribution >= 4 is 22.8 Å². The first-order valence-electron chi connectivity index (χ1n) is 10.5. The Kier molecular flexibility index (Phi) is 4.78. The molecule has 1 saturated heterocycles. The second-order valence-corrected chi connectivity index (χ2v) is 8.20. The van der Waals surface area contributed by atoms with Crippen LogP contribution in [0.2, 0.25) is 0 Å². The number of urea groups is 1. The Morgan fingerprint density at radius 3 is 2.00 bits per heavy atom. The minimum Gasteiger partial charge on any atom is -0.315 e. The van der Waals surface area contributed by atoms with Crippen LogP contribution in [0.25, 0.3) is 10.9 Å². The predicted octanol–water partition coefficient (Wildman–Crippen LogP) is 2.86. The van der Waals surface area contributed by atoms with Gasteiger partial charge in [-0.3, -0.25) is 9.59 Å². The Hall–Kier alpha value is -4.33. The lowest BCUT2D eigenvalue weighted by Crippen LogP contribution is -2.45. The normalized spacial score (nSPS) is 15.2. The van der Waals surface area contributed by atoms with Gasteiger partial charge in [0.15, 0.2) is 5.54 Å². The van der Waals surface area contributed by atoms with E-state index in [0.29, 0.717) is 22.0 Å². The van der Waals surface area contributed by atoms with Gasteiger partial charge in [0, 0.05) is 0 Å². The van der Waals surface area contributed by atoms with Gasteiger partial charge in [0.2, 0.25) is 0 Å². The van der Waals surface area contributed by atoms with Crippen LogP contribution in [0.5, 0.6) is 0 Å². The molecule has 2 heterocycles. The van der Waals surface area contributed by atoms with Crippen molar-refractivity contribution in [2.75, 3.05) is 0 Å². The fourth-order valence-corrected chi connectivity index (χ4v) is 4.12. The first kappa shape index (κ1) is 20.6. The summed E-state index contributed by atoms with van der Waals surface area (Å²) in [6.45, 7) is 3.56. The zero-order valence-corrected chi connectivity index (χ0v) is 18.1. The van der Waals surface area contributed by atoms with Crippen LogP contribution in [0.1, 0.15) is 22.3 Å². The number of amides is 3. The molecule has 1 aliphatic rings. The van der Waals surface area contributed by atoms with Crippen molar-refractivity contribution in [2.45, 2.75) is 26.1 Å². The quantitative estimate of drug-likeness (QED) is 0.493. The number of fused-ring (bicyclic) bond motifs is 1. The van der Waals surface area contributed by atoms with E-state index >= 15 is 0 Å². The molecule has 0 saturated carbocycles. The van der Waals surface area contributed by atoms with Gasteiger partial charge in [-0.1, -0.05) is 77.0 Å². The summed E-state index contributed by atoms with van der Waals surface area (Å²) in [7, 11) is 0. The molecule has 0 atom stereocenters. The van der Waals surface area contributed by atoms with E-state index in [1.807, 2.05) is 62.4 Å². The van der Waals surface area contributed by atoms with Crippen molar-refractivity contribution < 1.29 is 9.59 Å². The third-order valence-corrected chi connectivity index (χ3v) is 5.98. The van der Waals surface area contributed by atoms with Gasteiger partial charge in [0.05, 0.1) is 5.39 Å². The van der Waals surface area contributed by atoms with E-state index in [1.165, 1.54) is 0 Å². The van der Waals surface area contributed by atoms with Crippen molar-refractivity contribution in [1.82, 2.24) is 25.2 Å². The number of hydrogen-bond donors (Lipinski definition) is 1. The third-order valence-electron chi connectivity index (χ3n) is 5.98. The molecule has 1 aromatic heterocycles. The van der Waals surface area contributed by atoms with Gasteiger partial charge in [-0.15, -0.1) is 5.10 Å². The van der Waals surface area contributed by atoms with E-state index in [-0.39, 0.29) is 6.67 Å². The number of nitrogens with zero attached hydrogens (tertiary/aromatic N) is 4. The highest BCUT2D eigenvalue weighted by atomic mass is 16.2. The molecule has 3 amide bonds. The molecule has 0 aliphatic carbocycles. The molecule has 4 aromatic rings. The molecule has 8 nitrogen and oxygen atoms in total. The van der Waals surface area contributed by atoms with E-state index in [9.17, 15) is 14.4 Å². The molecule has 0 radical (unpaired) electrons. The number of carbonyl (C=O) groups is 2. The third kappa shape index (κ3) is 3.27. The van der Waals surface area contributed by atoms with E-state index in [2.05, 4.69) is 15.6 Å². The second-order valence-electron chi connectivity index (χ2n) is 8.20. The summed E-state index contributed by atoms with van der Waals surface area (Å²) in [5.41, 5.74) is 1.94. The summed E-state index contributed by atoms with van der Waals surface area (Å²) < 4.78 is 1.03. The number of benzene rings is 3. The van der Waals surface area contributed by atoms with Crippen LogP contribution in [0, 0.1) is 13.8 Å². The van der Waals surface area contributed by atoms with E-state index in [4.69, 9.17) is 0 Å². The van der Waals surface area contributed by atoms with Crippen molar-refractivity contribution in [3.63, 3.8) is 0 Å². The number of rotatable bonds is 4. The summed E-state index contributed by atoms with van der Waals surface area (Å²) in [5, 5.41) is 11.2. The summed E-state index contributed by atoms with van der Waals surface area (Å²) in [6.07, 6.45) is 0. The highest BCUT2D eigenvalue weighted by molar-refractivity contribution is 6.09. The van der Waals surface area contributed by atoms with E-state index < -0.39 is 23.0 Å². The minimum absolute atomic E-state index is 0.346. The minimum atomic E-state index is -1.41. The van der Waals surface area contributed by atoms with Gasteiger partial charge in [-0.05, 0) is 37.1 Å². The van der Waals surface area contributed by atoms with E-state index in [0.717, 1.165) is 20.7 Å². The zero-order valence-electron chi connectivity index (χ0n) is 18.1. The molecular weight excluding hydrogens is 418 g/mol. The average Bonchev–Trinajstić information content (AvgIpc) is 3.07. The fraction of sp³-hybridized carbons (Fsp3) is 0.160. The number of nitrogens with one attached hydrogen (secondary N) is 1. The van der Waals surface area contributed by atoms with Gasteiger partial charge in [-0.2, -0.15) is 4.68 Å². The summed E-state index contributed by atoms with van der Waals surface area (Å²) in [6, 6.07) is 21.1. The van der Waals surface area contributed by atoms with Crippen molar-refractivity contribution in [3.8, 4) is 0 Å². The van der Waals surface area contributed by atoms with Crippen LogP contribution in [0.4, 0.5) is 4.79 Å². The van der Waals surface area contributed by atoms with Gasteiger partial charge in [0.1, 0.15) is 12.2 Å². The van der Waals surface area contributed by atoms with Crippen molar-refractivity contribution in [1.29, 1.82) is 0 Å². The molecule has 1 fully saturated rings. The second kappa shape index (κ2) is 7.67. The molecule has 33 heavy (non-hydrogen) atoms. The Balaban J connectivity index is 1.60. The number of imide groups is 1. The highest BCUT2D eigenvalue weighted by Crippen LogP contribution is 2.36. The standard InChI is InChI=1S/C25H21N5O3/c1-16-7-11-18(12-8-16)25(19-13-9-17(2)10-14-19)23(32)29(24(33)26-25)15-30-22(31)20-5-3-4-6-21(20)27-28-30/h3-14H,15H2,1-2H3,(H,26,33). The van der Waals surface area contributed by atoms with Crippen molar-refractivity contribution in [3.05, 3.63) is 105 Å². The Morgan fingerprint density at radius 1 is 0.818 bits per heavy atom. The number of aromatic nitrogens is 3. The van der Waals surface area contributed by atoms with Gasteiger partial charge in [-0.25, -0.2) is 9.69 Å². The number of hydrogen-bond acceptors (Lipinski definition) is 5. The molecule has 8 heteroatoms. The van der Waals surface area contributed by atoms with Crippen LogP contribution < -0.4 is 10.9 Å². The van der Waals surface area contributed by atoms with Gasteiger partial charge in [0.25, 0.3) is 11.5 Å². The Labute approximate surface area is 189 Å². The molecule has 0 unspecified atom stereocenters. The van der Waals surface area contributed by atoms with Crippen LogP contribution in [-0.2, 0) is 17.0 Å². The average molecular weight is 439 g/mol. The lowest BCUT2D eigenvalue weighted by molar-refractivity contribution is -0.131. The van der Waals surface area contributed by atoms with E-state index in [1.54, 1.807) is 24.3 Å². The topological polar surface area (TPSA) is 97.2 Å². The van der Waals surface area contributed by atoms with Crippen LogP contribution in [0.3, 0.4) is 0 Å². The lowest BCUT2D eigenvalue weighted by atomic mass is 9.82. The summed E-state index contributed by atoms with van der Waals surface area (Å²) in [5.74, 6) is -0.484. The van der Waals surface area contributed by atoms with Gasteiger partial charge >= 0.3 is 6.03 Å². The molecular formula is C25H21N5O3. The monoisotopic (exact) mass is 439 g/mol. The zero-order chi connectivity index (χ0) is 23.2. The number of aryl methyl sites for hydroxylation is 2. The van der Waals surface area contributed by atoms with Gasteiger partial charge < -0.3 is 5.32 Å². The summed E-state index contributed by atoms with van der Waals surface area (Å²) >= 11 is 0. The molecule has 3 aromatic carbocycles. The van der Waals surface area contributed by atoms with Crippen LogP contribution in [0.15, 0.2) is 77.6 Å². The highest BCUT2D eigenvalue weighted by Gasteiger charge is 2.54. The first-order chi connectivity index (χ1) is 15.9. The molecule has 0 spiro atoms. The Bertz CT molecular complexity index is 1400. The predicted molar refractivity (Wildman–Crippen MR) is 122 cm³/mol. The smallest absolute Gasteiger partial charge is 0.315 e. The van der Waals surface area contributed by atoms with Crippen LogP contribution >= 0.6 is 0 Å². The molecule has 1 N–H and O–H groups in total. The van der Waals surface area contributed by atoms with Crippen LogP contribution in [-0.4, -0.2) is 31.8 Å². The lowest BCUT2D eigenvalue weighted by Gasteiger charge is -2.28. The summed E-state index contributed by atoms with van der Waals surface area (Å²) in [4.78, 5) is 40.9. The molecule has 0 bridgehead atoms. The largest absolute Gasteiger partial charge is 0.327 e. The maximum Gasteiger partial charge on any atom is 0.327 e. The molecule has 1 aliphatic heterocycles. The number of carbonyl (C=O) groups excluding carboxylic acids is 2.